The molecule has 1 atom stereocenters. The highest BCUT2D eigenvalue weighted by Crippen LogP contribution is 2.30. The molecule has 2 aliphatic heterocycles. The van der Waals surface area contributed by atoms with Crippen molar-refractivity contribution in [1.82, 2.24) is 15.5 Å². The van der Waals surface area contributed by atoms with E-state index in [1.165, 1.54) is 24.3 Å². The maximum absolute atomic E-state index is 13.0. The fourth-order valence-electron chi connectivity index (χ4n) is 3.99. The van der Waals surface area contributed by atoms with Crippen molar-refractivity contribution in [3.05, 3.63) is 70.3 Å². The summed E-state index contributed by atoms with van der Waals surface area (Å²) < 4.78 is 38.0. The number of nitrogens with one attached hydrogen (secondary N) is 2. The molecule has 2 N–H and O–H groups in total. The number of carbonyl (C=O) groups excluding carboxylic acids is 5. The van der Waals surface area contributed by atoms with E-state index in [4.69, 9.17) is 0 Å². The minimum Gasteiger partial charge on any atom is -0.352 e. The lowest BCUT2D eigenvalue weighted by Crippen LogP contribution is -2.54. The highest BCUT2D eigenvalue weighted by atomic mass is 19.4. The number of rotatable bonds is 5. The second kappa shape index (κ2) is 8.73. The Morgan fingerprint density at radius 3 is 2.38 bits per heavy atom. The van der Waals surface area contributed by atoms with Crippen molar-refractivity contribution < 1.29 is 37.1 Å². The molecule has 0 spiro atoms. The number of hydrogen-bond acceptors (Lipinski definition) is 5. The molecule has 2 aromatic carbocycles. The second-order valence-electron chi connectivity index (χ2n) is 7.94. The first-order valence-corrected chi connectivity index (χ1v) is 10.3. The monoisotopic (exact) mass is 473 g/mol. The van der Waals surface area contributed by atoms with Gasteiger partial charge in [-0.15, -0.1) is 0 Å². The topological polar surface area (TPSA) is 113 Å². The van der Waals surface area contributed by atoms with Gasteiger partial charge in [-0.05, 0) is 35.7 Å². The van der Waals surface area contributed by atoms with E-state index in [9.17, 15) is 37.1 Å². The third-order valence-electron chi connectivity index (χ3n) is 5.68. The molecule has 4 rings (SSSR count). The van der Waals surface area contributed by atoms with E-state index in [-0.39, 0.29) is 36.9 Å². The van der Waals surface area contributed by atoms with Crippen molar-refractivity contribution >= 4 is 29.5 Å². The first kappa shape index (κ1) is 23.1. The normalized spacial score (nSPS) is 18.1. The van der Waals surface area contributed by atoms with Gasteiger partial charge in [0, 0.05) is 13.0 Å². The van der Waals surface area contributed by atoms with Gasteiger partial charge in [-0.3, -0.25) is 34.2 Å². The van der Waals surface area contributed by atoms with Crippen LogP contribution in [0.5, 0.6) is 0 Å². The quantitative estimate of drug-likeness (QED) is 0.645. The summed E-state index contributed by atoms with van der Waals surface area (Å²) >= 11 is 0. The van der Waals surface area contributed by atoms with Crippen LogP contribution in [0.4, 0.5) is 13.2 Å². The van der Waals surface area contributed by atoms with E-state index in [1.54, 1.807) is 6.07 Å². The number of benzene rings is 2. The predicted molar refractivity (Wildman–Crippen MR) is 110 cm³/mol. The van der Waals surface area contributed by atoms with Gasteiger partial charge in [0.2, 0.25) is 17.7 Å². The Morgan fingerprint density at radius 2 is 1.74 bits per heavy atom. The van der Waals surface area contributed by atoms with Gasteiger partial charge in [-0.2, -0.15) is 13.2 Å². The van der Waals surface area contributed by atoms with Crippen molar-refractivity contribution in [3.63, 3.8) is 0 Å². The van der Waals surface area contributed by atoms with Crippen molar-refractivity contribution in [2.45, 2.75) is 38.0 Å². The van der Waals surface area contributed by atoms with E-state index >= 15 is 0 Å². The Balaban J connectivity index is 1.45. The van der Waals surface area contributed by atoms with Crippen molar-refractivity contribution in [2.24, 2.45) is 0 Å². The highest BCUT2D eigenvalue weighted by molar-refractivity contribution is 6.24. The number of amides is 5. The Kier molecular flexibility index (Phi) is 5.94. The van der Waals surface area contributed by atoms with Crippen LogP contribution in [-0.4, -0.2) is 40.5 Å². The fraction of sp³-hybridized carbons (Fsp3) is 0.261. The summed E-state index contributed by atoms with van der Waals surface area (Å²) in [6, 6.07) is 7.62. The zero-order valence-electron chi connectivity index (χ0n) is 17.6. The first-order valence-electron chi connectivity index (χ1n) is 10.3. The van der Waals surface area contributed by atoms with Crippen molar-refractivity contribution in [1.29, 1.82) is 0 Å². The summed E-state index contributed by atoms with van der Waals surface area (Å²) in [6.45, 7) is -0.106. The van der Waals surface area contributed by atoms with Crippen LogP contribution in [0.3, 0.4) is 0 Å². The van der Waals surface area contributed by atoms with Gasteiger partial charge in [-0.25, -0.2) is 0 Å². The van der Waals surface area contributed by atoms with Crippen LogP contribution in [0, 0.1) is 0 Å². The summed E-state index contributed by atoms with van der Waals surface area (Å²) in [5.41, 5.74) is 0.0574. The van der Waals surface area contributed by atoms with Gasteiger partial charge < -0.3 is 5.32 Å². The number of halogens is 3. The van der Waals surface area contributed by atoms with Crippen LogP contribution >= 0.6 is 0 Å². The molecule has 1 unspecified atom stereocenters. The van der Waals surface area contributed by atoms with E-state index in [2.05, 4.69) is 10.6 Å². The maximum Gasteiger partial charge on any atom is 0.416 e. The summed E-state index contributed by atoms with van der Waals surface area (Å²) in [4.78, 5) is 62.6. The lowest BCUT2D eigenvalue weighted by atomic mass is 10.0. The summed E-state index contributed by atoms with van der Waals surface area (Å²) in [5.74, 6) is -3.04. The molecule has 34 heavy (non-hydrogen) atoms. The van der Waals surface area contributed by atoms with Crippen LogP contribution in [0.1, 0.15) is 50.2 Å². The minimum atomic E-state index is -4.47. The average molecular weight is 473 g/mol. The van der Waals surface area contributed by atoms with Crippen molar-refractivity contribution in [2.75, 3.05) is 0 Å². The molecular formula is C23H18F3N3O5. The predicted octanol–water partition coefficient (Wildman–Crippen LogP) is 1.97. The van der Waals surface area contributed by atoms with Gasteiger partial charge in [0.05, 0.1) is 23.1 Å². The molecule has 11 heteroatoms. The standard InChI is InChI=1S/C23H18F3N3O5/c24-23(25,26)14-6-4-12(5-7-14)10-18(31)27-11-13-2-1-3-15-19(13)22(34)29(21(15)33)16-8-9-17(30)28-20(16)32/h1-7,16H,8-11H2,(H,27,31)(H,28,30,32). The Labute approximate surface area is 191 Å². The first-order chi connectivity index (χ1) is 16.1. The molecule has 0 aliphatic carbocycles. The molecule has 1 saturated heterocycles. The third kappa shape index (κ3) is 4.41. The summed E-state index contributed by atoms with van der Waals surface area (Å²) in [7, 11) is 0. The number of alkyl halides is 3. The van der Waals surface area contributed by atoms with Gasteiger partial charge in [-0.1, -0.05) is 24.3 Å². The van der Waals surface area contributed by atoms with Crippen LogP contribution in [0.2, 0.25) is 0 Å². The Morgan fingerprint density at radius 1 is 1.03 bits per heavy atom. The smallest absolute Gasteiger partial charge is 0.352 e. The number of imide groups is 2. The molecule has 0 bridgehead atoms. The molecule has 2 heterocycles. The van der Waals surface area contributed by atoms with Crippen molar-refractivity contribution in [3.8, 4) is 0 Å². The summed E-state index contributed by atoms with van der Waals surface area (Å²) in [6.07, 6.45) is -4.63. The molecule has 176 valence electrons. The molecule has 8 nitrogen and oxygen atoms in total. The maximum atomic E-state index is 13.0. The molecule has 2 aromatic rings. The van der Waals surface area contributed by atoms with E-state index in [0.29, 0.717) is 11.1 Å². The molecule has 0 aromatic heterocycles. The Bertz CT molecular complexity index is 1210. The minimum absolute atomic E-state index is 0.00330. The molecule has 5 amide bonds. The van der Waals surface area contributed by atoms with E-state index in [1.807, 2.05) is 0 Å². The van der Waals surface area contributed by atoms with Gasteiger partial charge in [0.25, 0.3) is 11.8 Å². The Hall–Kier alpha value is -4.02. The third-order valence-corrected chi connectivity index (χ3v) is 5.68. The highest BCUT2D eigenvalue weighted by Gasteiger charge is 2.45. The average Bonchev–Trinajstić information content (AvgIpc) is 3.03. The van der Waals surface area contributed by atoms with Crippen LogP contribution < -0.4 is 10.6 Å². The number of piperidine rings is 1. The van der Waals surface area contributed by atoms with Crippen LogP contribution in [-0.2, 0) is 33.5 Å². The van der Waals surface area contributed by atoms with Gasteiger partial charge >= 0.3 is 6.18 Å². The summed E-state index contributed by atoms with van der Waals surface area (Å²) in [5, 5.41) is 4.72. The number of carbonyl (C=O) groups is 5. The fourth-order valence-corrected chi connectivity index (χ4v) is 3.99. The van der Waals surface area contributed by atoms with Crippen LogP contribution in [0.25, 0.3) is 0 Å². The van der Waals surface area contributed by atoms with Gasteiger partial charge in [0.1, 0.15) is 6.04 Å². The largest absolute Gasteiger partial charge is 0.416 e. The molecule has 2 aliphatic rings. The lowest BCUT2D eigenvalue weighted by Gasteiger charge is -2.27. The second-order valence-corrected chi connectivity index (χ2v) is 7.94. The lowest BCUT2D eigenvalue weighted by molar-refractivity contribution is -0.138. The van der Waals surface area contributed by atoms with Gasteiger partial charge in [0.15, 0.2) is 0 Å². The number of fused-ring (bicyclic) bond motifs is 1. The molecule has 1 fully saturated rings. The SMILES string of the molecule is O=C(Cc1ccc(C(F)(F)F)cc1)NCc1cccc2c1C(=O)N(C1CCC(=O)NC1=O)C2=O. The molecule has 0 radical (unpaired) electrons. The zero-order valence-corrected chi connectivity index (χ0v) is 17.6. The van der Waals surface area contributed by atoms with Crippen LogP contribution in [0.15, 0.2) is 42.5 Å². The van der Waals surface area contributed by atoms with E-state index < -0.39 is 47.3 Å². The van der Waals surface area contributed by atoms with E-state index in [0.717, 1.165) is 17.0 Å². The number of hydrogen-bond donors (Lipinski definition) is 2. The molecule has 0 saturated carbocycles. The zero-order chi connectivity index (χ0) is 24.6. The molecular weight excluding hydrogens is 455 g/mol. The number of nitrogens with zero attached hydrogens (tertiary/aromatic N) is 1.